The number of nitrogens with zero attached hydrogens (tertiary/aromatic N) is 2. The van der Waals surface area contributed by atoms with Crippen LogP contribution in [0.4, 0.5) is 0 Å². The minimum atomic E-state index is 0.121. The van der Waals surface area contributed by atoms with Crippen LogP contribution >= 0.6 is 23.1 Å². The second-order valence-electron chi connectivity index (χ2n) is 7.48. The van der Waals surface area contributed by atoms with Crippen LogP contribution in [0.5, 0.6) is 5.75 Å². The van der Waals surface area contributed by atoms with Crippen LogP contribution in [-0.2, 0) is 17.9 Å². The Labute approximate surface area is 197 Å². The molecule has 4 rings (SSSR count). The molecular weight excluding hydrogens is 436 g/mol. The topological polar surface area (TPSA) is 42.4 Å². The van der Waals surface area contributed by atoms with Gasteiger partial charge in [-0.15, -0.1) is 23.1 Å². The van der Waals surface area contributed by atoms with Gasteiger partial charge in [-0.2, -0.15) is 0 Å². The van der Waals surface area contributed by atoms with Crippen LogP contribution < -0.4 is 4.74 Å². The van der Waals surface area contributed by atoms with Gasteiger partial charge < -0.3 is 9.64 Å². The predicted molar refractivity (Wildman–Crippen MR) is 134 cm³/mol. The largest absolute Gasteiger partial charge is 0.497 e. The number of rotatable bonds is 8. The fraction of sp³-hybridized carbons (Fsp3) is 0.231. The molecule has 2 aromatic carbocycles. The number of carbonyl (C=O) groups is 1. The molecule has 0 bridgehead atoms. The molecule has 164 valence electrons. The molecule has 0 spiro atoms. The molecule has 0 aliphatic rings. The molecule has 6 heteroatoms. The molecule has 32 heavy (non-hydrogen) atoms. The number of benzene rings is 2. The van der Waals surface area contributed by atoms with E-state index < -0.39 is 0 Å². The molecule has 2 aromatic heterocycles. The van der Waals surface area contributed by atoms with E-state index in [9.17, 15) is 4.79 Å². The summed E-state index contributed by atoms with van der Waals surface area (Å²) in [5.41, 5.74) is 4.07. The van der Waals surface area contributed by atoms with Gasteiger partial charge in [-0.25, -0.2) is 4.98 Å². The van der Waals surface area contributed by atoms with Gasteiger partial charge in [0.1, 0.15) is 5.75 Å². The van der Waals surface area contributed by atoms with E-state index in [1.165, 1.54) is 4.90 Å². The molecule has 4 aromatic rings. The number of amides is 1. The van der Waals surface area contributed by atoms with Gasteiger partial charge in [0, 0.05) is 29.8 Å². The van der Waals surface area contributed by atoms with Crippen molar-refractivity contribution in [2.45, 2.75) is 31.3 Å². The second-order valence-corrected chi connectivity index (χ2v) is 9.31. The average molecular weight is 463 g/mol. The van der Waals surface area contributed by atoms with Crippen molar-refractivity contribution in [2.24, 2.45) is 0 Å². The van der Waals surface area contributed by atoms with Crippen LogP contribution in [0.2, 0.25) is 0 Å². The van der Waals surface area contributed by atoms with Crippen LogP contribution in [0.3, 0.4) is 0 Å². The number of pyridine rings is 1. The molecule has 0 saturated carbocycles. The molecule has 0 saturated heterocycles. The molecule has 0 aliphatic carbocycles. The van der Waals surface area contributed by atoms with Gasteiger partial charge in [0.25, 0.3) is 0 Å². The SMILES string of the molecule is CCC(=O)N(Cc1ccc(OC)cc1)Cc1cc2ccc(SC)cc2nc1-c1cccs1. The van der Waals surface area contributed by atoms with E-state index in [2.05, 4.69) is 42.0 Å². The van der Waals surface area contributed by atoms with Crippen LogP contribution in [0.1, 0.15) is 24.5 Å². The molecule has 2 heterocycles. The Balaban J connectivity index is 1.73. The second kappa shape index (κ2) is 10.2. The Kier molecular flexibility index (Phi) is 7.12. The first kappa shape index (κ1) is 22.4. The Bertz CT molecular complexity index is 1200. The van der Waals surface area contributed by atoms with E-state index in [4.69, 9.17) is 9.72 Å². The lowest BCUT2D eigenvalue weighted by Gasteiger charge is -2.24. The predicted octanol–water partition coefficient (Wildman–Crippen LogP) is 6.63. The number of hydrogen-bond donors (Lipinski definition) is 0. The Morgan fingerprint density at radius 1 is 1.09 bits per heavy atom. The van der Waals surface area contributed by atoms with E-state index in [0.717, 1.165) is 38.4 Å². The highest BCUT2D eigenvalue weighted by Crippen LogP contribution is 2.32. The molecule has 0 atom stereocenters. The third-order valence-electron chi connectivity index (χ3n) is 5.41. The van der Waals surface area contributed by atoms with Crippen molar-refractivity contribution in [3.63, 3.8) is 0 Å². The first-order valence-corrected chi connectivity index (χ1v) is 12.6. The number of aromatic nitrogens is 1. The lowest BCUT2D eigenvalue weighted by atomic mass is 10.1. The van der Waals surface area contributed by atoms with Crippen molar-refractivity contribution in [3.8, 4) is 16.3 Å². The Morgan fingerprint density at radius 2 is 1.91 bits per heavy atom. The van der Waals surface area contributed by atoms with Crippen LogP contribution in [-0.4, -0.2) is 29.2 Å². The third kappa shape index (κ3) is 4.97. The molecule has 4 nitrogen and oxygen atoms in total. The molecular formula is C26H26N2O2S2. The summed E-state index contributed by atoms with van der Waals surface area (Å²) >= 11 is 3.39. The van der Waals surface area contributed by atoms with Gasteiger partial charge in [-0.05, 0) is 59.2 Å². The first-order chi connectivity index (χ1) is 15.6. The summed E-state index contributed by atoms with van der Waals surface area (Å²) in [5, 5.41) is 3.15. The maximum absolute atomic E-state index is 12.9. The Hall–Kier alpha value is -2.83. The molecule has 1 amide bonds. The third-order valence-corrected chi connectivity index (χ3v) is 7.01. The maximum atomic E-state index is 12.9. The van der Waals surface area contributed by atoms with E-state index in [0.29, 0.717) is 19.5 Å². The van der Waals surface area contributed by atoms with E-state index in [1.54, 1.807) is 30.2 Å². The number of methoxy groups -OCH3 is 1. The van der Waals surface area contributed by atoms with Crippen molar-refractivity contribution in [2.75, 3.05) is 13.4 Å². The average Bonchev–Trinajstić information content (AvgIpc) is 3.37. The van der Waals surface area contributed by atoms with E-state index in [1.807, 2.05) is 42.2 Å². The summed E-state index contributed by atoms with van der Waals surface area (Å²) in [5.74, 6) is 0.932. The van der Waals surface area contributed by atoms with Gasteiger partial charge in [-0.1, -0.05) is 31.2 Å². The van der Waals surface area contributed by atoms with Gasteiger partial charge in [-0.3, -0.25) is 4.79 Å². The van der Waals surface area contributed by atoms with Crippen LogP contribution in [0.25, 0.3) is 21.5 Å². The number of thiophene rings is 1. The zero-order chi connectivity index (χ0) is 22.5. The van der Waals surface area contributed by atoms with Crippen molar-refractivity contribution in [1.29, 1.82) is 0 Å². The van der Waals surface area contributed by atoms with Crippen LogP contribution in [0, 0.1) is 0 Å². The quantitative estimate of drug-likeness (QED) is 0.276. The van der Waals surface area contributed by atoms with E-state index in [-0.39, 0.29) is 5.91 Å². The summed E-state index contributed by atoms with van der Waals surface area (Å²) in [7, 11) is 1.66. The van der Waals surface area contributed by atoms with Crippen molar-refractivity contribution in [1.82, 2.24) is 9.88 Å². The number of thioether (sulfide) groups is 1. The van der Waals surface area contributed by atoms with Gasteiger partial charge in [0.2, 0.25) is 5.91 Å². The Morgan fingerprint density at radius 3 is 2.56 bits per heavy atom. The standard InChI is InChI=1S/C26H26N2O2S2/c1-4-25(29)28(16-18-7-10-21(30-2)11-8-18)17-20-14-19-9-12-22(31-3)15-23(19)27-26(20)24-6-5-13-32-24/h5-15H,4,16-17H2,1-3H3. The molecule has 0 N–H and O–H groups in total. The lowest BCUT2D eigenvalue weighted by Crippen LogP contribution is -2.29. The summed E-state index contributed by atoms with van der Waals surface area (Å²) in [6, 6.07) is 20.6. The van der Waals surface area contributed by atoms with Crippen LogP contribution in [0.15, 0.2) is 70.9 Å². The number of ether oxygens (including phenoxy) is 1. The van der Waals surface area contributed by atoms with Crippen molar-refractivity contribution >= 4 is 39.9 Å². The minimum absolute atomic E-state index is 0.121. The summed E-state index contributed by atoms with van der Waals surface area (Å²) in [6.45, 7) is 2.97. The minimum Gasteiger partial charge on any atom is -0.497 e. The van der Waals surface area contributed by atoms with Crippen molar-refractivity contribution in [3.05, 3.63) is 77.2 Å². The van der Waals surface area contributed by atoms with Crippen molar-refractivity contribution < 1.29 is 9.53 Å². The maximum Gasteiger partial charge on any atom is 0.222 e. The van der Waals surface area contributed by atoms with E-state index >= 15 is 0 Å². The summed E-state index contributed by atoms with van der Waals surface area (Å²) < 4.78 is 5.26. The highest BCUT2D eigenvalue weighted by Gasteiger charge is 2.18. The zero-order valence-corrected chi connectivity index (χ0v) is 20.1. The molecule has 0 aliphatic heterocycles. The smallest absolute Gasteiger partial charge is 0.222 e. The normalized spacial score (nSPS) is 11.0. The highest BCUT2D eigenvalue weighted by molar-refractivity contribution is 7.98. The lowest BCUT2D eigenvalue weighted by molar-refractivity contribution is -0.132. The van der Waals surface area contributed by atoms with Gasteiger partial charge in [0.15, 0.2) is 0 Å². The molecule has 0 unspecified atom stereocenters. The fourth-order valence-corrected chi connectivity index (χ4v) is 4.86. The number of hydrogen-bond acceptors (Lipinski definition) is 5. The molecule has 0 radical (unpaired) electrons. The molecule has 0 fully saturated rings. The summed E-state index contributed by atoms with van der Waals surface area (Å²) in [4.78, 5) is 22.1. The highest BCUT2D eigenvalue weighted by atomic mass is 32.2. The van der Waals surface area contributed by atoms with Gasteiger partial charge in [0.05, 0.1) is 23.2 Å². The van der Waals surface area contributed by atoms with Gasteiger partial charge >= 0.3 is 0 Å². The number of fused-ring (bicyclic) bond motifs is 1. The number of carbonyl (C=O) groups excluding carboxylic acids is 1. The zero-order valence-electron chi connectivity index (χ0n) is 18.5. The first-order valence-electron chi connectivity index (χ1n) is 10.5. The fourth-order valence-electron chi connectivity index (χ4n) is 3.68. The monoisotopic (exact) mass is 462 g/mol. The summed E-state index contributed by atoms with van der Waals surface area (Å²) in [6.07, 6.45) is 2.53.